The molecule has 3 rings (SSSR count). The first kappa shape index (κ1) is 4.66. The fourth-order valence-electron chi connectivity index (χ4n) is 2.37. The molecule has 0 amide bonds. The van der Waals surface area contributed by atoms with Gasteiger partial charge in [0.15, 0.2) is 0 Å². The molecular formula is C6H11N3. The van der Waals surface area contributed by atoms with E-state index in [0.717, 1.165) is 23.9 Å². The lowest BCUT2D eigenvalue weighted by molar-refractivity contribution is 0.0129. The Bertz CT molecular complexity index is 131. The quantitative estimate of drug-likeness (QED) is 0.376. The number of hydrogen-bond acceptors (Lipinski definition) is 3. The van der Waals surface area contributed by atoms with Crippen LogP contribution < -0.4 is 16.2 Å². The lowest BCUT2D eigenvalue weighted by atomic mass is 9.61. The van der Waals surface area contributed by atoms with Crippen LogP contribution in [0, 0.1) is 11.8 Å². The molecule has 1 saturated carbocycles. The van der Waals surface area contributed by atoms with Gasteiger partial charge in [0.05, 0.1) is 0 Å². The number of fused-ring (bicyclic) bond motifs is 4. The maximum absolute atomic E-state index is 3.44. The Hall–Kier alpha value is -0.120. The first-order valence-electron chi connectivity index (χ1n) is 3.68. The molecule has 0 bridgehead atoms. The van der Waals surface area contributed by atoms with E-state index in [1.807, 2.05) is 0 Å². The summed E-state index contributed by atoms with van der Waals surface area (Å²) < 4.78 is 0. The van der Waals surface area contributed by atoms with Crippen LogP contribution in [0.15, 0.2) is 0 Å². The van der Waals surface area contributed by atoms with Crippen LogP contribution in [0.25, 0.3) is 0 Å². The van der Waals surface area contributed by atoms with Gasteiger partial charge in [-0.3, -0.25) is 10.9 Å². The number of nitrogens with one attached hydrogen (secondary N) is 3. The van der Waals surface area contributed by atoms with Crippen LogP contribution in [0.3, 0.4) is 0 Å². The number of piperidine rings is 1. The average Bonchev–Trinajstić information content (AvgIpc) is 2.13. The van der Waals surface area contributed by atoms with E-state index in [1.165, 1.54) is 13.1 Å². The maximum atomic E-state index is 3.44. The third kappa shape index (κ3) is 0.377. The third-order valence-corrected chi connectivity index (χ3v) is 3.04. The van der Waals surface area contributed by atoms with Crippen molar-refractivity contribution in [3.63, 3.8) is 0 Å². The SMILES string of the molecule is C1NN[C@@H]2[C@@H]1[C@@H]1NC[C@@H]12. The van der Waals surface area contributed by atoms with E-state index < -0.39 is 0 Å². The Morgan fingerprint density at radius 1 is 1.00 bits per heavy atom. The Morgan fingerprint density at radius 2 is 1.89 bits per heavy atom. The molecule has 0 unspecified atom stereocenters. The van der Waals surface area contributed by atoms with Crippen molar-refractivity contribution in [1.82, 2.24) is 16.2 Å². The van der Waals surface area contributed by atoms with Crippen molar-refractivity contribution in [2.45, 2.75) is 12.1 Å². The van der Waals surface area contributed by atoms with Crippen LogP contribution in [-0.2, 0) is 0 Å². The maximum Gasteiger partial charge on any atom is 0.0324 e. The smallest absolute Gasteiger partial charge is 0.0324 e. The van der Waals surface area contributed by atoms with Crippen LogP contribution >= 0.6 is 0 Å². The lowest BCUT2D eigenvalue weighted by Crippen LogP contribution is -2.74. The monoisotopic (exact) mass is 125 g/mol. The highest BCUT2D eigenvalue weighted by Crippen LogP contribution is 2.41. The van der Waals surface area contributed by atoms with Crippen LogP contribution in [0.5, 0.6) is 0 Å². The Labute approximate surface area is 54.2 Å². The molecule has 0 radical (unpaired) electrons. The van der Waals surface area contributed by atoms with Crippen molar-refractivity contribution in [1.29, 1.82) is 0 Å². The number of hydrogen-bond donors (Lipinski definition) is 3. The lowest BCUT2D eigenvalue weighted by Gasteiger charge is -2.56. The molecule has 3 heteroatoms. The van der Waals surface area contributed by atoms with E-state index in [-0.39, 0.29) is 0 Å². The van der Waals surface area contributed by atoms with Gasteiger partial charge in [-0.2, -0.15) is 0 Å². The highest BCUT2D eigenvalue weighted by Gasteiger charge is 2.57. The molecule has 1 aliphatic carbocycles. The van der Waals surface area contributed by atoms with Crippen molar-refractivity contribution in [2.24, 2.45) is 11.8 Å². The van der Waals surface area contributed by atoms with E-state index in [0.29, 0.717) is 0 Å². The minimum atomic E-state index is 0.802. The topological polar surface area (TPSA) is 36.1 Å². The Morgan fingerprint density at radius 3 is 2.56 bits per heavy atom. The van der Waals surface area contributed by atoms with Gasteiger partial charge < -0.3 is 5.32 Å². The molecule has 0 aromatic heterocycles. The van der Waals surface area contributed by atoms with Gasteiger partial charge in [-0.1, -0.05) is 0 Å². The Kier molecular flexibility index (Phi) is 0.678. The summed E-state index contributed by atoms with van der Waals surface area (Å²) in [6, 6.07) is 1.66. The van der Waals surface area contributed by atoms with Gasteiger partial charge in [-0.25, -0.2) is 0 Å². The van der Waals surface area contributed by atoms with Crippen molar-refractivity contribution < 1.29 is 0 Å². The van der Waals surface area contributed by atoms with Crippen LogP contribution in [0.4, 0.5) is 0 Å². The van der Waals surface area contributed by atoms with Gasteiger partial charge in [0.25, 0.3) is 0 Å². The van der Waals surface area contributed by atoms with Crippen LogP contribution in [-0.4, -0.2) is 25.2 Å². The summed E-state index contributed by atoms with van der Waals surface area (Å²) in [5.41, 5.74) is 6.49. The van der Waals surface area contributed by atoms with Crippen molar-refractivity contribution in [3.05, 3.63) is 0 Å². The van der Waals surface area contributed by atoms with Crippen molar-refractivity contribution >= 4 is 0 Å². The van der Waals surface area contributed by atoms with Gasteiger partial charge in [-0.15, -0.1) is 0 Å². The molecule has 9 heavy (non-hydrogen) atoms. The second kappa shape index (κ2) is 1.31. The second-order valence-corrected chi connectivity index (χ2v) is 3.31. The zero-order valence-electron chi connectivity index (χ0n) is 5.22. The fraction of sp³-hybridized carbons (Fsp3) is 1.00. The van der Waals surface area contributed by atoms with Crippen molar-refractivity contribution in [2.75, 3.05) is 13.1 Å². The van der Waals surface area contributed by atoms with E-state index in [2.05, 4.69) is 16.2 Å². The summed E-state index contributed by atoms with van der Waals surface area (Å²) in [4.78, 5) is 0. The van der Waals surface area contributed by atoms with Gasteiger partial charge in [0, 0.05) is 37.0 Å². The largest absolute Gasteiger partial charge is 0.313 e. The summed E-state index contributed by atoms with van der Waals surface area (Å²) in [5, 5.41) is 3.44. The highest BCUT2D eigenvalue weighted by molar-refractivity contribution is 5.15. The molecule has 0 aromatic rings. The van der Waals surface area contributed by atoms with Gasteiger partial charge >= 0.3 is 0 Å². The predicted octanol–water partition coefficient (Wildman–Crippen LogP) is -1.32. The van der Waals surface area contributed by atoms with Crippen LogP contribution in [0.2, 0.25) is 0 Å². The molecule has 2 aliphatic heterocycles. The van der Waals surface area contributed by atoms with Crippen molar-refractivity contribution in [3.8, 4) is 0 Å². The molecule has 0 spiro atoms. The average molecular weight is 125 g/mol. The molecule has 3 fully saturated rings. The fourth-order valence-corrected chi connectivity index (χ4v) is 2.37. The molecule has 3 aliphatic rings. The molecule has 2 heterocycles. The Balaban J connectivity index is 1.85. The minimum Gasteiger partial charge on any atom is -0.313 e. The van der Waals surface area contributed by atoms with E-state index in [4.69, 9.17) is 0 Å². The molecule has 2 saturated heterocycles. The summed E-state index contributed by atoms with van der Waals surface area (Å²) >= 11 is 0. The standard InChI is InChI=1S/C6H11N3/c1-3-5(7-1)4-2-8-9-6(3)4/h3-9H,1-2H2/t3-,4-,5+,6-/m0/s1. The summed E-state index contributed by atoms with van der Waals surface area (Å²) in [7, 11) is 0. The number of hydrazine groups is 1. The molecule has 4 atom stereocenters. The van der Waals surface area contributed by atoms with Gasteiger partial charge in [-0.05, 0) is 0 Å². The first-order chi connectivity index (χ1) is 4.47. The predicted molar refractivity (Wildman–Crippen MR) is 33.7 cm³/mol. The first-order valence-corrected chi connectivity index (χ1v) is 3.68. The van der Waals surface area contributed by atoms with Gasteiger partial charge in [0.2, 0.25) is 0 Å². The summed E-state index contributed by atoms with van der Waals surface area (Å²) in [5.74, 6) is 1.84. The molecule has 0 aromatic carbocycles. The number of rotatable bonds is 0. The van der Waals surface area contributed by atoms with E-state index in [9.17, 15) is 0 Å². The molecule has 3 nitrogen and oxygen atoms in total. The third-order valence-electron chi connectivity index (χ3n) is 3.04. The molecule has 3 N–H and O–H groups in total. The zero-order chi connectivity index (χ0) is 5.84. The zero-order valence-corrected chi connectivity index (χ0v) is 5.22. The second-order valence-electron chi connectivity index (χ2n) is 3.31. The van der Waals surface area contributed by atoms with E-state index >= 15 is 0 Å². The molecule has 50 valence electrons. The molecular weight excluding hydrogens is 114 g/mol. The highest BCUT2D eigenvalue weighted by atomic mass is 15.4. The van der Waals surface area contributed by atoms with Gasteiger partial charge in [0.1, 0.15) is 0 Å². The minimum absolute atomic E-state index is 0.802. The van der Waals surface area contributed by atoms with Crippen LogP contribution in [0.1, 0.15) is 0 Å². The summed E-state index contributed by atoms with van der Waals surface area (Å²) in [6.45, 7) is 2.40. The normalized spacial score (nSPS) is 61.3. The summed E-state index contributed by atoms with van der Waals surface area (Å²) in [6.07, 6.45) is 0. The van der Waals surface area contributed by atoms with E-state index in [1.54, 1.807) is 0 Å².